The third-order valence-corrected chi connectivity index (χ3v) is 6.32. The molecule has 2 aliphatic heterocycles. The van der Waals surface area contributed by atoms with Crippen LogP contribution in [0, 0.1) is 10.1 Å². The minimum absolute atomic E-state index is 0.0869. The van der Waals surface area contributed by atoms with Crippen molar-refractivity contribution in [1.29, 1.82) is 0 Å². The quantitative estimate of drug-likeness (QED) is 0.422. The summed E-state index contributed by atoms with van der Waals surface area (Å²) in [5, 5.41) is 16.4. The SMILES string of the molecule is O=C(c1cc(-c2ccccc2Cl)nn1-c1cccc([N+](=O)[O-])c1)N1CCC2(CC1)OCCO2. The molecule has 0 N–H and O–H groups in total. The molecule has 0 saturated carbocycles. The Morgan fingerprint density at radius 3 is 2.48 bits per heavy atom. The second-order valence-corrected chi connectivity index (χ2v) is 8.39. The monoisotopic (exact) mass is 468 g/mol. The minimum Gasteiger partial charge on any atom is -0.347 e. The molecule has 1 spiro atoms. The van der Waals surface area contributed by atoms with Gasteiger partial charge in [0.2, 0.25) is 0 Å². The van der Waals surface area contributed by atoms with E-state index >= 15 is 0 Å². The van der Waals surface area contributed by atoms with Gasteiger partial charge in [-0.15, -0.1) is 0 Å². The van der Waals surface area contributed by atoms with E-state index in [2.05, 4.69) is 5.10 Å². The molecule has 9 nitrogen and oxygen atoms in total. The van der Waals surface area contributed by atoms with Crippen molar-refractivity contribution < 1.29 is 19.2 Å². The van der Waals surface area contributed by atoms with Gasteiger partial charge in [0.05, 0.1) is 34.5 Å². The van der Waals surface area contributed by atoms with Crippen molar-refractivity contribution in [3.8, 4) is 16.9 Å². The molecule has 2 saturated heterocycles. The molecule has 170 valence electrons. The Bertz CT molecular complexity index is 1210. The number of amides is 1. The van der Waals surface area contributed by atoms with Crippen molar-refractivity contribution in [2.45, 2.75) is 18.6 Å². The lowest BCUT2D eigenvalue weighted by molar-refractivity contribution is -0.384. The van der Waals surface area contributed by atoms with E-state index in [0.29, 0.717) is 66.8 Å². The molecular weight excluding hydrogens is 448 g/mol. The molecule has 1 amide bonds. The van der Waals surface area contributed by atoms with Crippen molar-refractivity contribution >= 4 is 23.2 Å². The lowest BCUT2D eigenvalue weighted by atomic mass is 10.0. The third kappa shape index (κ3) is 4.10. The molecule has 0 unspecified atom stereocenters. The molecule has 10 heteroatoms. The highest BCUT2D eigenvalue weighted by atomic mass is 35.5. The van der Waals surface area contributed by atoms with Crippen LogP contribution in [0.2, 0.25) is 5.02 Å². The summed E-state index contributed by atoms with van der Waals surface area (Å²) in [6, 6.07) is 14.9. The summed E-state index contributed by atoms with van der Waals surface area (Å²) < 4.78 is 13.0. The molecule has 3 aromatic rings. The Kier molecular flexibility index (Phi) is 5.61. The fourth-order valence-electron chi connectivity index (χ4n) is 4.27. The number of benzene rings is 2. The van der Waals surface area contributed by atoms with E-state index in [0.717, 1.165) is 0 Å². The molecule has 0 radical (unpaired) electrons. The van der Waals surface area contributed by atoms with Crippen LogP contribution in [0.1, 0.15) is 23.3 Å². The number of rotatable bonds is 4. The second-order valence-electron chi connectivity index (χ2n) is 7.98. The van der Waals surface area contributed by atoms with Crippen LogP contribution in [0.5, 0.6) is 0 Å². The van der Waals surface area contributed by atoms with Gasteiger partial charge in [-0.25, -0.2) is 4.68 Å². The number of likely N-dealkylation sites (tertiary alicyclic amines) is 1. The molecule has 0 atom stereocenters. The zero-order valence-corrected chi connectivity index (χ0v) is 18.4. The first-order valence-electron chi connectivity index (χ1n) is 10.6. The number of nitro groups is 1. The van der Waals surface area contributed by atoms with Gasteiger partial charge >= 0.3 is 0 Å². The average molecular weight is 469 g/mol. The van der Waals surface area contributed by atoms with E-state index in [4.69, 9.17) is 21.1 Å². The van der Waals surface area contributed by atoms with Gasteiger partial charge in [0.15, 0.2) is 5.79 Å². The smallest absolute Gasteiger partial charge is 0.272 e. The number of hydrogen-bond acceptors (Lipinski definition) is 6. The highest BCUT2D eigenvalue weighted by Gasteiger charge is 2.41. The van der Waals surface area contributed by atoms with Crippen LogP contribution in [0.4, 0.5) is 5.69 Å². The lowest BCUT2D eigenvalue weighted by Crippen LogP contribution is -2.47. The summed E-state index contributed by atoms with van der Waals surface area (Å²) in [7, 11) is 0. The summed E-state index contributed by atoms with van der Waals surface area (Å²) in [5.74, 6) is -0.820. The van der Waals surface area contributed by atoms with E-state index in [9.17, 15) is 14.9 Å². The van der Waals surface area contributed by atoms with Gasteiger partial charge in [0, 0.05) is 43.6 Å². The van der Waals surface area contributed by atoms with Gasteiger partial charge in [-0.05, 0) is 18.2 Å². The Morgan fingerprint density at radius 2 is 1.79 bits per heavy atom. The van der Waals surface area contributed by atoms with Gasteiger partial charge in [-0.2, -0.15) is 5.10 Å². The maximum absolute atomic E-state index is 13.6. The maximum Gasteiger partial charge on any atom is 0.272 e. The minimum atomic E-state index is -0.597. The van der Waals surface area contributed by atoms with Crippen LogP contribution in [-0.2, 0) is 9.47 Å². The normalized spacial score (nSPS) is 17.4. The molecule has 2 aliphatic rings. The highest BCUT2D eigenvalue weighted by Crippen LogP contribution is 2.33. The standard InChI is InChI=1S/C23H21ClN4O5/c24-19-7-2-1-6-18(19)20-15-21(27(25-20)16-4-3-5-17(14-16)28(30)31)22(29)26-10-8-23(9-11-26)32-12-13-33-23/h1-7,14-15H,8-13H2. The van der Waals surface area contributed by atoms with E-state index in [1.165, 1.54) is 16.8 Å². The summed E-state index contributed by atoms with van der Waals surface area (Å²) in [5.41, 5.74) is 1.81. The number of piperidine rings is 1. The largest absolute Gasteiger partial charge is 0.347 e. The molecule has 5 rings (SSSR count). The number of ether oxygens (including phenoxy) is 2. The fraction of sp³-hybridized carbons (Fsp3) is 0.304. The van der Waals surface area contributed by atoms with E-state index in [-0.39, 0.29) is 11.6 Å². The number of halogens is 1. The number of non-ortho nitro benzene ring substituents is 1. The summed E-state index contributed by atoms with van der Waals surface area (Å²) in [4.78, 5) is 26.1. The van der Waals surface area contributed by atoms with Gasteiger partial charge in [-0.3, -0.25) is 14.9 Å². The average Bonchev–Trinajstić information content (AvgIpc) is 3.47. The molecule has 3 heterocycles. The maximum atomic E-state index is 13.6. The Labute approximate surface area is 194 Å². The molecule has 2 fully saturated rings. The third-order valence-electron chi connectivity index (χ3n) is 5.99. The molecule has 0 aliphatic carbocycles. The van der Waals surface area contributed by atoms with Gasteiger partial charge < -0.3 is 14.4 Å². The van der Waals surface area contributed by atoms with Crippen LogP contribution >= 0.6 is 11.6 Å². The molecular formula is C23H21ClN4O5. The van der Waals surface area contributed by atoms with Crippen LogP contribution in [-0.4, -0.2) is 57.6 Å². The van der Waals surface area contributed by atoms with Crippen molar-refractivity contribution in [2.75, 3.05) is 26.3 Å². The predicted molar refractivity (Wildman–Crippen MR) is 120 cm³/mol. The van der Waals surface area contributed by atoms with Crippen molar-refractivity contribution in [3.63, 3.8) is 0 Å². The van der Waals surface area contributed by atoms with E-state index in [1.807, 2.05) is 18.2 Å². The van der Waals surface area contributed by atoms with Crippen molar-refractivity contribution in [3.05, 3.63) is 75.4 Å². The van der Waals surface area contributed by atoms with E-state index in [1.54, 1.807) is 29.2 Å². The molecule has 1 aromatic heterocycles. The van der Waals surface area contributed by atoms with Crippen LogP contribution < -0.4 is 0 Å². The second kappa shape index (κ2) is 8.58. The topological polar surface area (TPSA) is 99.7 Å². The van der Waals surface area contributed by atoms with Crippen molar-refractivity contribution in [1.82, 2.24) is 14.7 Å². The lowest BCUT2D eigenvalue weighted by Gasteiger charge is -2.37. The van der Waals surface area contributed by atoms with Crippen LogP contribution in [0.25, 0.3) is 16.9 Å². The van der Waals surface area contributed by atoms with Gasteiger partial charge in [0.1, 0.15) is 5.69 Å². The van der Waals surface area contributed by atoms with Crippen molar-refractivity contribution in [2.24, 2.45) is 0 Å². The fourth-order valence-corrected chi connectivity index (χ4v) is 4.50. The predicted octanol–water partition coefficient (Wildman–Crippen LogP) is 4.08. The number of aromatic nitrogens is 2. The highest BCUT2D eigenvalue weighted by molar-refractivity contribution is 6.33. The zero-order valence-electron chi connectivity index (χ0n) is 17.6. The first-order valence-corrected chi connectivity index (χ1v) is 11.0. The van der Waals surface area contributed by atoms with Crippen LogP contribution in [0.15, 0.2) is 54.6 Å². The Hall–Kier alpha value is -3.27. The van der Waals surface area contributed by atoms with Gasteiger partial charge in [0.25, 0.3) is 11.6 Å². The first kappa shape index (κ1) is 21.6. The number of carbonyl (C=O) groups is 1. The number of nitrogens with zero attached hydrogens (tertiary/aromatic N) is 4. The number of carbonyl (C=O) groups excluding carboxylic acids is 1. The van der Waals surface area contributed by atoms with E-state index < -0.39 is 10.7 Å². The summed E-state index contributed by atoms with van der Waals surface area (Å²) in [6.07, 6.45) is 1.17. The van der Waals surface area contributed by atoms with Gasteiger partial charge in [-0.1, -0.05) is 35.9 Å². The summed E-state index contributed by atoms with van der Waals surface area (Å²) in [6.45, 7) is 2.07. The Balaban J connectivity index is 1.53. The number of hydrogen-bond donors (Lipinski definition) is 0. The van der Waals surface area contributed by atoms with Crippen LogP contribution in [0.3, 0.4) is 0 Å². The number of nitro benzene ring substituents is 1. The molecule has 2 aromatic carbocycles. The Morgan fingerprint density at radius 1 is 1.06 bits per heavy atom. The zero-order chi connectivity index (χ0) is 23.0. The summed E-state index contributed by atoms with van der Waals surface area (Å²) >= 11 is 6.37. The first-order chi connectivity index (χ1) is 16.0. The molecule has 0 bridgehead atoms. The molecule has 33 heavy (non-hydrogen) atoms.